The van der Waals surface area contributed by atoms with Crippen molar-refractivity contribution >= 4 is 60.3 Å². The number of para-hydroxylation sites is 2. The lowest BCUT2D eigenvalue weighted by atomic mass is 10.1. The van der Waals surface area contributed by atoms with Gasteiger partial charge in [0.25, 0.3) is 26.0 Å². The number of nitrogens with one attached hydrogen (secondary N) is 2. The number of hydrogen-bond acceptors (Lipinski definition) is 7. The van der Waals surface area contributed by atoms with Gasteiger partial charge in [0, 0.05) is 24.7 Å². The number of rotatable bonds is 8. The van der Waals surface area contributed by atoms with E-state index in [1.807, 2.05) is 24.0 Å². The molecule has 0 aromatic heterocycles. The molecule has 2 aliphatic rings. The van der Waals surface area contributed by atoms with E-state index < -0.39 is 26.0 Å². The molecule has 1 amide bonds. The molecule has 10 nitrogen and oxygen atoms in total. The minimum atomic E-state index is -4.09. The average molecular weight is 667 g/mol. The SMILES string of the molecule is C[C@H]1Cc2ccccc2N1S(=O)(=O)c1cccc(C(=O)Nc2cc(S(=O)(=O)Nc3ccccc3Cl)ccc2N2CCOCC2)c1. The van der Waals surface area contributed by atoms with Gasteiger partial charge in [0.1, 0.15) is 0 Å². The van der Waals surface area contributed by atoms with E-state index in [1.54, 1.807) is 42.5 Å². The molecule has 6 rings (SSSR count). The Labute approximate surface area is 267 Å². The summed E-state index contributed by atoms with van der Waals surface area (Å²) in [6, 6.07) is 23.9. The van der Waals surface area contributed by atoms with Gasteiger partial charge in [-0.1, -0.05) is 48.0 Å². The maximum Gasteiger partial charge on any atom is 0.264 e. The number of morpholine rings is 1. The highest BCUT2D eigenvalue weighted by molar-refractivity contribution is 7.93. The molecule has 1 fully saturated rings. The molecule has 1 atom stereocenters. The van der Waals surface area contributed by atoms with Crippen LogP contribution in [0.15, 0.2) is 101 Å². The molecule has 0 bridgehead atoms. The number of carbonyl (C=O) groups excluding carboxylic acids is 1. The fourth-order valence-electron chi connectivity index (χ4n) is 5.62. The standard InChI is InChI=1S/C32H31ClN4O6S2/c1-22-19-23-7-2-5-12-30(23)37(22)45(41,42)26-9-6-8-24(20-26)32(38)34-29-21-25(13-14-31(29)36-15-17-43-18-16-36)44(39,40)35-28-11-4-3-10-27(28)33/h2-14,20-22,35H,15-19H2,1H3,(H,34,38)/t22-/m0/s1. The van der Waals surface area contributed by atoms with Crippen molar-refractivity contribution in [3.8, 4) is 0 Å². The molecule has 2 N–H and O–H groups in total. The summed E-state index contributed by atoms with van der Waals surface area (Å²) in [7, 11) is -8.07. The first-order chi connectivity index (χ1) is 21.5. The van der Waals surface area contributed by atoms with Crippen LogP contribution in [0.1, 0.15) is 22.8 Å². The van der Waals surface area contributed by atoms with Crippen LogP contribution in [-0.2, 0) is 31.2 Å². The molecule has 0 unspecified atom stereocenters. The summed E-state index contributed by atoms with van der Waals surface area (Å²) in [5.41, 5.74) is 2.74. The molecule has 0 aliphatic carbocycles. The second kappa shape index (κ2) is 12.4. The molecule has 4 aromatic carbocycles. The first kappa shape index (κ1) is 30.9. The second-order valence-corrected chi connectivity index (χ2v) is 14.7. The van der Waals surface area contributed by atoms with Crippen molar-refractivity contribution in [2.75, 3.05) is 45.5 Å². The van der Waals surface area contributed by atoms with Crippen LogP contribution in [0.5, 0.6) is 0 Å². The quantitative estimate of drug-likeness (QED) is 0.259. The van der Waals surface area contributed by atoms with Crippen molar-refractivity contribution in [2.45, 2.75) is 29.2 Å². The lowest BCUT2D eigenvalue weighted by Crippen LogP contribution is -2.37. The topological polar surface area (TPSA) is 125 Å². The van der Waals surface area contributed by atoms with Gasteiger partial charge in [-0.15, -0.1) is 0 Å². The molecule has 0 saturated carbocycles. The third-order valence-electron chi connectivity index (χ3n) is 7.79. The Morgan fingerprint density at radius 1 is 0.822 bits per heavy atom. The van der Waals surface area contributed by atoms with E-state index in [1.165, 1.54) is 40.7 Å². The molecule has 2 aliphatic heterocycles. The number of fused-ring (bicyclic) bond motifs is 1. The normalized spacial score (nSPS) is 16.7. The van der Waals surface area contributed by atoms with Gasteiger partial charge in [0.05, 0.1) is 50.8 Å². The Balaban J connectivity index is 1.32. The predicted molar refractivity (Wildman–Crippen MR) is 175 cm³/mol. The maximum absolute atomic E-state index is 13.8. The van der Waals surface area contributed by atoms with Gasteiger partial charge in [-0.05, 0) is 73.5 Å². The van der Waals surface area contributed by atoms with Gasteiger partial charge in [0.2, 0.25) is 0 Å². The van der Waals surface area contributed by atoms with Crippen molar-refractivity contribution < 1.29 is 26.4 Å². The summed E-state index contributed by atoms with van der Waals surface area (Å²) in [6.07, 6.45) is 0.588. The molecule has 4 aromatic rings. The Kier molecular flexibility index (Phi) is 8.49. The van der Waals surface area contributed by atoms with E-state index in [4.69, 9.17) is 16.3 Å². The van der Waals surface area contributed by atoms with E-state index in [0.717, 1.165) is 5.56 Å². The Morgan fingerprint density at radius 2 is 1.56 bits per heavy atom. The maximum atomic E-state index is 13.8. The average Bonchev–Trinajstić information content (AvgIpc) is 3.39. The monoisotopic (exact) mass is 666 g/mol. The lowest BCUT2D eigenvalue weighted by molar-refractivity contribution is 0.102. The fourth-order valence-corrected chi connectivity index (χ4v) is 8.70. The van der Waals surface area contributed by atoms with Gasteiger partial charge in [0.15, 0.2) is 0 Å². The third kappa shape index (κ3) is 6.23. The van der Waals surface area contributed by atoms with Gasteiger partial charge in [-0.2, -0.15) is 0 Å². The zero-order valence-corrected chi connectivity index (χ0v) is 26.7. The summed E-state index contributed by atoms with van der Waals surface area (Å²) in [6.45, 7) is 3.87. The summed E-state index contributed by atoms with van der Waals surface area (Å²) in [5, 5.41) is 3.07. The largest absolute Gasteiger partial charge is 0.378 e. The van der Waals surface area contributed by atoms with Crippen molar-refractivity contribution in [3.05, 3.63) is 107 Å². The Morgan fingerprint density at radius 3 is 2.33 bits per heavy atom. The van der Waals surface area contributed by atoms with Crippen LogP contribution in [0.4, 0.5) is 22.7 Å². The number of nitrogens with zero attached hydrogens (tertiary/aromatic N) is 2. The molecular weight excluding hydrogens is 636 g/mol. The highest BCUT2D eigenvalue weighted by atomic mass is 35.5. The van der Waals surface area contributed by atoms with E-state index in [0.29, 0.717) is 44.1 Å². The van der Waals surface area contributed by atoms with Crippen LogP contribution >= 0.6 is 11.6 Å². The van der Waals surface area contributed by atoms with Crippen LogP contribution < -0.4 is 19.2 Å². The van der Waals surface area contributed by atoms with Crippen LogP contribution in [0.2, 0.25) is 5.02 Å². The van der Waals surface area contributed by atoms with Crippen LogP contribution in [0.25, 0.3) is 0 Å². The molecule has 45 heavy (non-hydrogen) atoms. The van der Waals surface area contributed by atoms with Crippen LogP contribution in [0, 0.1) is 0 Å². The fraction of sp³-hybridized carbons (Fsp3) is 0.219. The molecule has 0 radical (unpaired) electrons. The number of hydrogen-bond donors (Lipinski definition) is 2. The van der Waals surface area contributed by atoms with E-state index in [2.05, 4.69) is 10.0 Å². The Hall–Kier alpha value is -4.10. The van der Waals surface area contributed by atoms with Gasteiger partial charge < -0.3 is 15.0 Å². The molecule has 0 spiro atoms. The smallest absolute Gasteiger partial charge is 0.264 e. The first-order valence-corrected chi connectivity index (χ1v) is 17.6. The molecule has 13 heteroatoms. The number of sulfonamides is 2. The zero-order chi connectivity index (χ0) is 31.8. The molecule has 234 valence electrons. The highest BCUT2D eigenvalue weighted by Crippen LogP contribution is 2.37. The first-order valence-electron chi connectivity index (χ1n) is 14.3. The number of benzene rings is 4. The molecule has 2 heterocycles. The number of anilines is 4. The zero-order valence-electron chi connectivity index (χ0n) is 24.3. The minimum absolute atomic E-state index is 0.0209. The van der Waals surface area contributed by atoms with E-state index >= 15 is 0 Å². The van der Waals surface area contributed by atoms with Gasteiger partial charge >= 0.3 is 0 Å². The second-order valence-electron chi connectivity index (χ2n) is 10.8. The van der Waals surface area contributed by atoms with Crippen molar-refractivity contribution in [1.82, 2.24) is 0 Å². The number of carbonyl (C=O) groups is 1. The number of amides is 1. The van der Waals surface area contributed by atoms with Crippen molar-refractivity contribution in [1.29, 1.82) is 0 Å². The summed E-state index contributed by atoms with van der Waals surface area (Å²) in [4.78, 5) is 15.5. The van der Waals surface area contributed by atoms with Crippen molar-refractivity contribution in [3.63, 3.8) is 0 Å². The van der Waals surface area contributed by atoms with Gasteiger partial charge in [-0.25, -0.2) is 16.8 Å². The molecule has 1 saturated heterocycles. The van der Waals surface area contributed by atoms with E-state index in [9.17, 15) is 21.6 Å². The van der Waals surface area contributed by atoms with E-state index in [-0.39, 0.29) is 37.8 Å². The summed E-state index contributed by atoms with van der Waals surface area (Å²) < 4.78 is 63.7. The number of ether oxygens (including phenoxy) is 1. The van der Waals surface area contributed by atoms with Crippen LogP contribution in [-0.4, -0.2) is 55.1 Å². The minimum Gasteiger partial charge on any atom is -0.378 e. The van der Waals surface area contributed by atoms with Crippen molar-refractivity contribution in [2.24, 2.45) is 0 Å². The predicted octanol–water partition coefficient (Wildman–Crippen LogP) is 5.37. The lowest BCUT2D eigenvalue weighted by Gasteiger charge is -2.31. The van der Waals surface area contributed by atoms with Crippen LogP contribution in [0.3, 0.4) is 0 Å². The van der Waals surface area contributed by atoms with Gasteiger partial charge in [-0.3, -0.25) is 13.8 Å². The molecular formula is C32H31ClN4O6S2. The highest BCUT2D eigenvalue weighted by Gasteiger charge is 2.36. The summed E-state index contributed by atoms with van der Waals surface area (Å²) >= 11 is 6.18. The summed E-state index contributed by atoms with van der Waals surface area (Å²) in [5.74, 6) is -0.593. The third-order valence-corrected chi connectivity index (χ3v) is 11.4. The number of halogens is 1. The Bertz CT molecular complexity index is 1980.